The van der Waals surface area contributed by atoms with Gasteiger partial charge < -0.3 is 15.5 Å². The number of piperidine rings is 1. The number of nitrogens with zero attached hydrogens (tertiary/aromatic N) is 4. The highest BCUT2D eigenvalue weighted by molar-refractivity contribution is 6.02. The first-order chi connectivity index (χ1) is 13.6. The maximum absolute atomic E-state index is 12.5. The van der Waals surface area contributed by atoms with Crippen molar-refractivity contribution in [3.63, 3.8) is 0 Å². The average molecular weight is 419 g/mol. The van der Waals surface area contributed by atoms with E-state index in [0.717, 1.165) is 44.3 Å². The van der Waals surface area contributed by atoms with Crippen LogP contribution in [0.25, 0.3) is 0 Å². The molecule has 1 aliphatic carbocycles. The fourth-order valence-electron chi connectivity index (χ4n) is 3.60. The first kappa shape index (κ1) is 21.3. The Kier molecular flexibility index (Phi) is 6.87. The van der Waals surface area contributed by atoms with Crippen molar-refractivity contribution < 1.29 is 9.59 Å². The van der Waals surface area contributed by atoms with Crippen LogP contribution in [0.3, 0.4) is 0 Å². The van der Waals surface area contributed by atoms with Crippen molar-refractivity contribution in [3.05, 3.63) is 41.7 Å². The largest absolute Gasteiger partial charge is 0.336 e. The average Bonchev–Trinajstić information content (AvgIpc) is 3.42. The van der Waals surface area contributed by atoms with E-state index in [0.29, 0.717) is 30.0 Å². The van der Waals surface area contributed by atoms with Crippen LogP contribution in [-0.2, 0) is 11.3 Å². The van der Waals surface area contributed by atoms with Crippen molar-refractivity contribution in [1.29, 1.82) is 0 Å². The van der Waals surface area contributed by atoms with Crippen LogP contribution in [-0.4, -0.2) is 50.8 Å². The van der Waals surface area contributed by atoms with E-state index in [9.17, 15) is 9.59 Å². The second kappa shape index (κ2) is 9.37. The molecular formula is C20H27ClN6O2. The van der Waals surface area contributed by atoms with Crippen LogP contribution in [0.15, 0.2) is 30.5 Å². The number of hydrogen-bond acceptors (Lipinski definition) is 5. The lowest BCUT2D eigenvalue weighted by molar-refractivity contribution is -0.130. The topological polar surface area (TPSA) is 92.2 Å². The Bertz CT molecular complexity index is 843. The SMILES string of the molecule is CC(=O)N(Cc1ccc(NC(=O)c2cn(C3CCNCC3)nn2)cc1)C1CC1.Cl. The zero-order valence-corrected chi connectivity index (χ0v) is 17.3. The van der Waals surface area contributed by atoms with Gasteiger partial charge in [-0.2, -0.15) is 0 Å². The highest BCUT2D eigenvalue weighted by atomic mass is 35.5. The summed E-state index contributed by atoms with van der Waals surface area (Å²) >= 11 is 0. The maximum Gasteiger partial charge on any atom is 0.277 e. The van der Waals surface area contributed by atoms with Crippen molar-refractivity contribution in [3.8, 4) is 0 Å². The number of hydrogen-bond donors (Lipinski definition) is 2. The minimum Gasteiger partial charge on any atom is -0.336 e. The highest BCUT2D eigenvalue weighted by Gasteiger charge is 2.30. The minimum absolute atomic E-state index is 0. The molecule has 4 rings (SSSR count). The Morgan fingerprint density at radius 2 is 1.86 bits per heavy atom. The second-order valence-corrected chi connectivity index (χ2v) is 7.59. The minimum atomic E-state index is -0.267. The molecule has 29 heavy (non-hydrogen) atoms. The van der Waals surface area contributed by atoms with Gasteiger partial charge in [0.05, 0.1) is 12.2 Å². The summed E-state index contributed by atoms with van der Waals surface area (Å²) in [5, 5.41) is 14.3. The lowest BCUT2D eigenvalue weighted by Gasteiger charge is -2.22. The monoisotopic (exact) mass is 418 g/mol. The lowest BCUT2D eigenvalue weighted by atomic mass is 10.1. The van der Waals surface area contributed by atoms with E-state index in [-0.39, 0.29) is 24.2 Å². The number of carbonyl (C=O) groups excluding carboxylic acids is 2. The maximum atomic E-state index is 12.5. The van der Waals surface area contributed by atoms with E-state index in [1.54, 1.807) is 17.8 Å². The van der Waals surface area contributed by atoms with Crippen molar-refractivity contribution in [2.45, 2.75) is 51.2 Å². The van der Waals surface area contributed by atoms with Crippen LogP contribution in [0.1, 0.15) is 54.7 Å². The fraction of sp³-hybridized carbons (Fsp3) is 0.500. The summed E-state index contributed by atoms with van der Waals surface area (Å²) in [4.78, 5) is 26.1. The smallest absolute Gasteiger partial charge is 0.277 e. The normalized spacial score (nSPS) is 16.7. The van der Waals surface area contributed by atoms with Gasteiger partial charge in [0, 0.05) is 25.2 Å². The molecule has 0 radical (unpaired) electrons. The molecule has 0 spiro atoms. The Morgan fingerprint density at radius 3 is 2.48 bits per heavy atom. The fourth-order valence-corrected chi connectivity index (χ4v) is 3.60. The van der Waals surface area contributed by atoms with Gasteiger partial charge in [-0.15, -0.1) is 17.5 Å². The van der Waals surface area contributed by atoms with Crippen LogP contribution in [0.4, 0.5) is 5.69 Å². The van der Waals surface area contributed by atoms with Crippen LogP contribution in [0.5, 0.6) is 0 Å². The number of rotatable bonds is 6. The quantitative estimate of drug-likeness (QED) is 0.751. The zero-order valence-electron chi connectivity index (χ0n) is 16.5. The van der Waals surface area contributed by atoms with Crippen LogP contribution < -0.4 is 10.6 Å². The van der Waals surface area contributed by atoms with Gasteiger partial charge in [0.15, 0.2) is 5.69 Å². The Morgan fingerprint density at radius 1 is 1.17 bits per heavy atom. The van der Waals surface area contributed by atoms with E-state index >= 15 is 0 Å². The number of nitrogens with one attached hydrogen (secondary N) is 2. The van der Waals surface area contributed by atoms with Crippen LogP contribution in [0, 0.1) is 0 Å². The summed E-state index contributed by atoms with van der Waals surface area (Å²) in [7, 11) is 0. The van der Waals surface area contributed by atoms with Gasteiger partial charge in [-0.25, -0.2) is 4.68 Å². The molecule has 0 atom stereocenters. The van der Waals surface area contributed by atoms with Crippen molar-refractivity contribution in [1.82, 2.24) is 25.2 Å². The predicted molar refractivity (Wildman–Crippen MR) is 112 cm³/mol. The molecule has 1 aromatic heterocycles. The van der Waals surface area contributed by atoms with Gasteiger partial charge in [-0.3, -0.25) is 9.59 Å². The predicted octanol–water partition coefficient (Wildman–Crippen LogP) is 2.39. The van der Waals surface area contributed by atoms with Crippen LogP contribution in [0.2, 0.25) is 0 Å². The van der Waals surface area contributed by atoms with E-state index in [4.69, 9.17) is 0 Å². The third-order valence-electron chi connectivity index (χ3n) is 5.38. The van der Waals surface area contributed by atoms with Crippen LogP contribution >= 0.6 is 12.4 Å². The summed E-state index contributed by atoms with van der Waals surface area (Å²) < 4.78 is 1.80. The van der Waals surface area contributed by atoms with Gasteiger partial charge in [0.2, 0.25) is 5.91 Å². The van der Waals surface area contributed by atoms with Crippen molar-refractivity contribution >= 4 is 29.9 Å². The molecule has 8 nitrogen and oxygen atoms in total. The standard InChI is InChI=1S/C20H26N6O2.ClH/c1-14(27)25(17-6-7-17)12-15-2-4-16(5-3-15)22-20(28)19-13-26(24-23-19)18-8-10-21-11-9-18;/h2-5,13,17-18,21H,6-12H2,1H3,(H,22,28);1H. The van der Waals surface area contributed by atoms with Gasteiger partial charge in [0.1, 0.15) is 0 Å². The molecule has 1 saturated heterocycles. The molecule has 2 aliphatic rings. The summed E-state index contributed by atoms with van der Waals surface area (Å²) in [5.41, 5.74) is 2.07. The Hall–Kier alpha value is -2.45. The number of benzene rings is 1. The molecular weight excluding hydrogens is 392 g/mol. The third kappa shape index (κ3) is 5.33. The molecule has 2 heterocycles. The zero-order chi connectivity index (χ0) is 19.5. The van der Waals surface area contributed by atoms with Gasteiger partial charge >= 0.3 is 0 Å². The first-order valence-electron chi connectivity index (χ1n) is 9.90. The molecule has 2 fully saturated rings. The summed E-state index contributed by atoms with van der Waals surface area (Å²) in [6, 6.07) is 8.29. The molecule has 1 aliphatic heterocycles. The number of carbonyl (C=O) groups is 2. The number of anilines is 1. The van der Waals surface area contributed by atoms with Gasteiger partial charge in [-0.1, -0.05) is 17.3 Å². The summed E-state index contributed by atoms with van der Waals surface area (Å²) in [6.45, 7) is 4.14. The molecule has 2 aromatic rings. The summed E-state index contributed by atoms with van der Waals surface area (Å²) in [6.07, 6.45) is 5.88. The molecule has 1 aromatic carbocycles. The molecule has 2 amide bonds. The Labute approximate surface area is 176 Å². The van der Waals surface area contributed by atoms with Gasteiger partial charge in [-0.05, 0) is 56.5 Å². The first-order valence-corrected chi connectivity index (χ1v) is 9.90. The second-order valence-electron chi connectivity index (χ2n) is 7.59. The Balaban J connectivity index is 0.00000240. The molecule has 2 N–H and O–H groups in total. The third-order valence-corrected chi connectivity index (χ3v) is 5.38. The number of halogens is 1. The molecule has 0 bridgehead atoms. The van der Waals surface area contributed by atoms with E-state index in [1.807, 2.05) is 29.2 Å². The molecule has 0 unspecified atom stereocenters. The number of amides is 2. The van der Waals surface area contributed by atoms with E-state index < -0.39 is 0 Å². The van der Waals surface area contributed by atoms with Crippen molar-refractivity contribution in [2.75, 3.05) is 18.4 Å². The highest BCUT2D eigenvalue weighted by Crippen LogP contribution is 2.28. The van der Waals surface area contributed by atoms with E-state index in [1.165, 1.54) is 0 Å². The number of aromatic nitrogens is 3. The molecule has 1 saturated carbocycles. The lowest BCUT2D eigenvalue weighted by Crippen LogP contribution is -2.30. The van der Waals surface area contributed by atoms with Crippen molar-refractivity contribution in [2.24, 2.45) is 0 Å². The van der Waals surface area contributed by atoms with E-state index in [2.05, 4.69) is 20.9 Å². The molecule has 156 valence electrons. The van der Waals surface area contributed by atoms with Gasteiger partial charge in [0.25, 0.3) is 5.91 Å². The molecule has 9 heteroatoms. The summed E-state index contributed by atoms with van der Waals surface area (Å²) in [5.74, 6) is -0.159.